The molecule has 0 aliphatic heterocycles. The predicted octanol–water partition coefficient (Wildman–Crippen LogP) is 1.55. The Bertz CT molecular complexity index is 210. The molecule has 3 heteroatoms. The lowest BCUT2D eigenvalue weighted by Gasteiger charge is -2.07. The molecule has 0 aromatic carbocycles. The van der Waals surface area contributed by atoms with E-state index < -0.39 is 0 Å². The first-order valence-corrected chi connectivity index (χ1v) is 4.84. The van der Waals surface area contributed by atoms with Gasteiger partial charge in [0.15, 0.2) is 0 Å². The van der Waals surface area contributed by atoms with Crippen LogP contribution in [-0.4, -0.2) is 18.4 Å². The molecule has 1 aliphatic rings. The second kappa shape index (κ2) is 4.40. The van der Waals surface area contributed by atoms with E-state index >= 15 is 0 Å². The molecule has 13 heavy (non-hydrogen) atoms. The number of hydrogen-bond donors (Lipinski definition) is 0. The van der Waals surface area contributed by atoms with E-state index in [1.165, 1.54) is 0 Å². The highest BCUT2D eigenvalue weighted by molar-refractivity contribution is 5.88. The van der Waals surface area contributed by atoms with Crippen LogP contribution in [0.3, 0.4) is 0 Å². The predicted molar refractivity (Wildman–Crippen MR) is 48.1 cm³/mol. The minimum Gasteiger partial charge on any atom is -0.466 e. The molecule has 3 nitrogen and oxygen atoms in total. The van der Waals surface area contributed by atoms with Crippen LogP contribution in [0.15, 0.2) is 0 Å². The Labute approximate surface area is 78.5 Å². The summed E-state index contributed by atoms with van der Waals surface area (Å²) in [4.78, 5) is 22.5. The molecule has 1 fully saturated rings. The molecular formula is C10H16O3. The third-order valence-electron chi connectivity index (χ3n) is 2.55. The van der Waals surface area contributed by atoms with Gasteiger partial charge in [-0.2, -0.15) is 0 Å². The number of ketones is 1. The number of Topliss-reactive ketones (excluding diaryl/α,β-unsaturated/α-hetero) is 1. The first-order valence-electron chi connectivity index (χ1n) is 4.84. The molecule has 0 radical (unpaired) electrons. The minimum atomic E-state index is -0.241. The van der Waals surface area contributed by atoms with Crippen molar-refractivity contribution in [3.8, 4) is 0 Å². The van der Waals surface area contributed by atoms with Gasteiger partial charge in [-0.05, 0) is 19.8 Å². The van der Waals surface area contributed by atoms with E-state index in [-0.39, 0.29) is 30.0 Å². The fourth-order valence-electron chi connectivity index (χ4n) is 1.76. The van der Waals surface area contributed by atoms with Gasteiger partial charge in [-0.3, -0.25) is 9.59 Å². The number of rotatable bonds is 3. The van der Waals surface area contributed by atoms with Crippen molar-refractivity contribution in [3.63, 3.8) is 0 Å². The summed E-state index contributed by atoms with van der Waals surface area (Å²) in [5.74, 6) is 0.0523. The largest absolute Gasteiger partial charge is 0.466 e. The molecule has 2 unspecified atom stereocenters. The number of ether oxygens (including phenoxy) is 1. The van der Waals surface area contributed by atoms with Gasteiger partial charge in [-0.1, -0.05) is 6.92 Å². The molecule has 74 valence electrons. The average molecular weight is 184 g/mol. The van der Waals surface area contributed by atoms with Gasteiger partial charge in [0.25, 0.3) is 0 Å². The van der Waals surface area contributed by atoms with Gasteiger partial charge in [-0.25, -0.2) is 0 Å². The van der Waals surface area contributed by atoms with Crippen LogP contribution in [0, 0.1) is 11.8 Å². The second-order valence-electron chi connectivity index (χ2n) is 3.59. The van der Waals surface area contributed by atoms with Gasteiger partial charge in [0, 0.05) is 11.8 Å². The summed E-state index contributed by atoms with van der Waals surface area (Å²) < 4.78 is 4.80. The SMILES string of the molecule is CCOC(=O)CC1CCC(C)C1=O. The molecular weight excluding hydrogens is 168 g/mol. The zero-order valence-corrected chi connectivity index (χ0v) is 8.21. The van der Waals surface area contributed by atoms with Gasteiger partial charge in [0.2, 0.25) is 0 Å². The van der Waals surface area contributed by atoms with Crippen molar-refractivity contribution >= 4 is 11.8 Å². The van der Waals surface area contributed by atoms with Crippen LogP contribution in [0.5, 0.6) is 0 Å². The van der Waals surface area contributed by atoms with E-state index in [0.29, 0.717) is 6.61 Å². The Balaban J connectivity index is 2.38. The maximum Gasteiger partial charge on any atom is 0.306 e. The highest BCUT2D eigenvalue weighted by atomic mass is 16.5. The summed E-state index contributed by atoms with van der Waals surface area (Å²) in [5.41, 5.74) is 0. The van der Waals surface area contributed by atoms with Crippen molar-refractivity contribution in [3.05, 3.63) is 0 Å². The lowest BCUT2D eigenvalue weighted by atomic mass is 10.0. The van der Waals surface area contributed by atoms with Crippen molar-refractivity contribution in [1.29, 1.82) is 0 Å². The number of esters is 1. The zero-order chi connectivity index (χ0) is 9.84. The molecule has 0 N–H and O–H groups in total. The Morgan fingerprint density at radius 2 is 2.23 bits per heavy atom. The van der Waals surface area contributed by atoms with Crippen LogP contribution in [0.1, 0.15) is 33.1 Å². The molecule has 0 spiro atoms. The van der Waals surface area contributed by atoms with Crippen LogP contribution in [0.25, 0.3) is 0 Å². The topological polar surface area (TPSA) is 43.4 Å². The average Bonchev–Trinajstić information content (AvgIpc) is 2.37. The summed E-state index contributed by atoms with van der Waals surface area (Å²) >= 11 is 0. The molecule has 1 saturated carbocycles. The Morgan fingerprint density at radius 1 is 1.54 bits per heavy atom. The Morgan fingerprint density at radius 3 is 2.69 bits per heavy atom. The van der Waals surface area contributed by atoms with Crippen molar-refractivity contribution in [2.24, 2.45) is 11.8 Å². The molecule has 0 bridgehead atoms. The van der Waals surface area contributed by atoms with Crippen LogP contribution in [0.4, 0.5) is 0 Å². The summed E-state index contributed by atoms with van der Waals surface area (Å²) in [6.45, 7) is 4.10. The lowest BCUT2D eigenvalue weighted by Crippen LogP contribution is -2.17. The minimum absolute atomic E-state index is 0.0750. The highest BCUT2D eigenvalue weighted by Crippen LogP contribution is 2.29. The van der Waals surface area contributed by atoms with Crippen molar-refractivity contribution < 1.29 is 14.3 Å². The van der Waals surface area contributed by atoms with E-state index in [1.807, 2.05) is 6.92 Å². The molecule has 1 rings (SSSR count). The van der Waals surface area contributed by atoms with Crippen LogP contribution in [-0.2, 0) is 14.3 Å². The van der Waals surface area contributed by atoms with Crippen molar-refractivity contribution in [1.82, 2.24) is 0 Å². The highest BCUT2D eigenvalue weighted by Gasteiger charge is 2.32. The molecule has 0 aromatic rings. The Kier molecular flexibility index (Phi) is 3.46. The first-order chi connectivity index (χ1) is 6.15. The third kappa shape index (κ3) is 2.54. The van der Waals surface area contributed by atoms with Crippen LogP contribution in [0.2, 0.25) is 0 Å². The monoisotopic (exact) mass is 184 g/mol. The van der Waals surface area contributed by atoms with E-state index in [1.54, 1.807) is 6.92 Å². The standard InChI is InChI=1S/C10H16O3/c1-3-13-9(11)6-8-5-4-7(2)10(8)12/h7-8H,3-6H2,1-2H3. The number of carbonyl (C=O) groups excluding carboxylic acids is 2. The normalized spacial score (nSPS) is 27.7. The molecule has 1 aliphatic carbocycles. The number of carbonyl (C=O) groups is 2. The Hall–Kier alpha value is -0.860. The van der Waals surface area contributed by atoms with E-state index in [9.17, 15) is 9.59 Å². The molecule has 0 aromatic heterocycles. The van der Waals surface area contributed by atoms with E-state index in [4.69, 9.17) is 4.74 Å². The molecule has 0 amide bonds. The first kappa shape index (κ1) is 10.2. The van der Waals surface area contributed by atoms with Crippen LogP contribution >= 0.6 is 0 Å². The summed E-state index contributed by atoms with van der Waals surface area (Å²) in [6.07, 6.45) is 2.04. The molecule has 0 heterocycles. The van der Waals surface area contributed by atoms with Crippen molar-refractivity contribution in [2.45, 2.75) is 33.1 Å². The van der Waals surface area contributed by atoms with E-state index in [2.05, 4.69) is 0 Å². The fourth-order valence-corrected chi connectivity index (χ4v) is 1.76. The van der Waals surface area contributed by atoms with E-state index in [0.717, 1.165) is 12.8 Å². The zero-order valence-electron chi connectivity index (χ0n) is 8.21. The van der Waals surface area contributed by atoms with Gasteiger partial charge >= 0.3 is 5.97 Å². The third-order valence-corrected chi connectivity index (χ3v) is 2.55. The maximum atomic E-state index is 11.4. The van der Waals surface area contributed by atoms with Gasteiger partial charge in [-0.15, -0.1) is 0 Å². The van der Waals surface area contributed by atoms with Crippen molar-refractivity contribution in [2.75, 3.05) is 6.61 Å². The lowest BCUT2D eigenvalue weighted by molar-refractivity contribution is -0.145. The summed E-state index contributed by atoms with van der Waals surface area (Å²) in [6, 6.07) is 0. The summed E-state index contributed by atoms with van der Waals surface area (Å²) in [5, 5.41) is 0. The van der Waals surface area contributed by atoms with Gasteiger partial charge < -0.3 is 4.74 Å². The number of hydrogen-bond acceptors (Lipinski definition) is 3. The second-order valence-corrected chi connectivity index (χ2v) is 3.59. The van der Waals surface area contributed by atoms with Gasteiger partial charge in [0.1, 0.15) is 5.78 Å². The van der Waals surface area contributed by atoms with Gasteiger partial charge in [0.05, 0.1) is 13.0 Å². The summed E-state index contributed by atoms with van der Waals surface area (Å²) in [7, 11) is 0. The smallest absolute Gasteiger partial charge is 0.306 e. The quantitative estimate of drug-likeness (QED) is 0.625. The van der Waals surface area contributed by atoms with Crippen LogP contribution < -0.4 is 0 Å². The molecule has 2 atom stereocenters. The molecule has 0 saturated heterocycles. The maximum absolute atomic E-state index is 11.4. The fraction of sp³-hybridized carbons (Fsp3) is 0.800.